The lowest BCUT2D eigenvalue weighted by Gasteiger charge is -2.18. The number of hydrogen-bond donors (Lipinski definition) is 0. The fourth-order valence-corrected chi connectivity index (χ4v) is 2.60. The van der Waals surface area contributed by atoms with Gasteiger partial charge < -0.3 is 0 Å². The van der Waals surface area contributed by atoms with E-state index in [-0.39, 0.29) is 0 Å². The van der Waals surface area contributed by atoms with Crippen LogP contribution in [0.25, 0.3) is 0 Å². The van der Waals surface area contributed by atoms with Crippen LogP contribution in [0.1, 0.15) is 5.56 Å². The van der Waals surface area contributed by atoms with Crippen molar-refractivity contribution < 1.29 is 0 Å². The van der Waals surface area contributed by atoms with E-state index >= 15 is 0 Å². The molecule has 0 amide bonds. The molecule has 1 aromatic carbocycles. The van der Waals surface area contributed by atoms with Crippen molar-refractivity contribution in [2.75, 3.05) is 0 Å². The molecule has 14 heavy (non-hydrogen) atoms. The van der Waals surface area contributed by atoms with Gasteiger partial charge in [0.15, 0.2) is 0 Å². The highest BCUT2D eigenvalue weighted by Crippen LogP contribution is 2.38. The largest absolute Gasteiger partial charge is 0.0987 e. The van der Waals surface area contributed by atoms with Gasteiger partial charge in [-0.05, 0) is 23.6 Å². The van der Waals surface area contributed by atoms with E-state index < -0.39 is 0 Å². The summed E-state index contributed by atoms with van der Waals surface area (Å²) in [4.78, 5) is 2.58. The molecule has 70 valence electrons. The molecule has 1 aromatic rings. The first kappa shape index (κ1) is 9.35. The standard InChI is InChI=1S/C13H12S/c1-3-10-9-11-7-5-6-8-13(11)14-12(10)4-2/h3-8H,1-2,9H2. The molecular formula is C13H12S. The van der Waals surface area contributed by atoms with Crippen LogP contribution in [0, 0.1) is 0 Å². The quantitative estimate of drug-likeness (QED) is 0.696. The monoisotopic (exact) mass is 200 g/mol. The molecule has 0 spiro atoms. The number of rotatable bonds is 2. The summed E-state index contributed by atoms with van der Waals surface area (Å²) in [5.41, 5.74) is 2.67. The number of hydrogen-bond acceptors (Lipinski definition) is 1. The van der Waals surface area contributed by atoms with Crippen LogP contribution >= 0.6 is 11.8 Å². The summed E-state index contributed by atoms with van der Waals surface area (Å²) < 4.78 is 0. The van der Waals surface area contributed by atoms with Crippen molar-refractivity contribution in [3.63, 3.8) is 0 Å². The van der Waals surface area contributed by atoms with Crippen molar-refractivity contribution in [1.82, 2.24) is 0 Å². The minimum absolute atomic E-state index is 0.980. The molecule has 0 unspecified atom stereocenters. The van der Waals surface area contributed by atoms with E-state index in [4.69, 9.17) is 0 Å². The maximum Gasteiger partial charge on any atom is 0.0157 e. The van der Waals surface area contributed by atoms with Crippen LogP contribution in [-0.2, 0) is 6.42 Å². The molecular weight excluding hydrogens is 188 g/mol. The summed E-state index contributed by atoms with van der Waals surface area (Å²) in [7, 11) is 0. The number of benzene rings is 1. The smallest absolute Gasteiger partial charge is 0.0157 e. The SMILES string of the molecule is C=CC1=C(C=C)Sc2ccccc2C1. The summed E-state index contributed by atoms with van der Waals surface area (Å²) in [5, 5.41) is 0. The molecule has 1 aliphatic rings. The lowest BCUT2D eigenvalue weighted by Crippen LogP contribution is -1.98. The van der Waals surface area contributed by atoms with E-state index in [1.54, 1.807) is 11.8 Å². The third-order valence-electron chi connectivity index (χ3n) is 2.32. The van der Waals surface area contributed by atoms with Crippen LogP contribution in [-0.4, -0.2) is 0 Å². The van der Waals surface area contributed by atoms with E-state index in [9.17, 15) is 0 Å². The fraction of sp³-hybridized carbons (Fsp3) is 0.0769. The lowest BCUT2D eigenvalue weighted by molar-refractivity contribution is 1.11. The second-order valence-electron chi connectivity index (χ2n) is 3.18. The van der Waals surface area contributed by atoms with E-state index in [0.717, 1.165) is 6.42 Å². The third-order valence-corrected chi connectivity index (χ3v) is 3.59. The van der Waals surface area contributed by atoms with Gasteiger partial charge in [0, 0.05) is 9.80 Å². The van der Waals surface area contributed by atoms with Crippen molar-refractivity contribution >= 4 is 11.8 Å². The summed E-state index contributed by atoms with van der Waals surface area (Å²) in [6.45, 7) is 7.67. The molecule has 0 bridgehead atoms. The van der Waals surface area contributed by atoms with Crippen molar-refractivity contribution in [1.29, 1.82) is 0 Å². The van der Waals surface area contributed by atoms with Gasteiger partial charge in [-0.25, -0.2) is 0 Å². The van der Waals surface area contributed by atoms with Crippen LogP contribution in [0.3, 0.4) is 0 Å². The van der Waals surface area contributed by atoms with Gasteiger partial charge >= 0.3 is 0 Å². The first-order valence-corrected chi connectivity index (χ1v) is 5.40. The number of allylic oxidation sites excluding steroid dienone is 3. The summed E-state index contributed by atoms with van der Waals surface area (Å²) in [6, 6.07) is 8.49. The van der Waals surface area contributed by atoms with Gasteiger partial charge in [-0.1, -0.05) is 55.3 Å². The van der Waals surface area contributed by atoms with Crippen molar-refractivity contribution in [3.8, 4) is 0 Å². The number of thioether (sulfide) groups is 1. The fourth-order valence-electron chi connectivity index (χ4n) is 1.57. The zero-order valence-corrected chi connectivity index (χ0v) is 8.81. The summed E-state index contributed by atoms with van der Waals surface area (Å²) >= 11 is 1.78. The molecule has 0 aromatic heterocycles. The zero-order valence-electron chi connectivity index (χ0n) is 7.99. The van der Waals surface area contributed by atoms with E-state index in [1.807, 2.05) is 12.2 Å². The molecule has 0 saturated heterocycles. The molecule has 1 heteroatoms. The highest BCUT2D eigenvalue weighted by atomic mass is 32.2. The second-order valence-corrected chi connectivity index (χ2v) is 4.27. The van der Waals surface area contributed by atoms with E-state index in [1.165, 1.54) is 20.9 Å². The van der Waals surface area contributed by atoms with Crippen LogP contribution < -0.4 is 0 Å². The van der Waals surface area contributed by atoms with Crippen LogP contribution in [0.5, 0.6) is 0 Å². The summed E-state index contributed by atoms with van der Waals surface area (Å²) in [5.74, 6) is 0. The van der Waals surface area contributed by atoms with Gasteiger partial charge in [0.1, 0.15) is 0 Å². The van der Waals surface area contributed by atoms with Crippen LogP contribution in [0.15, 0.2) is 64.9 Å². The minimum atomic E-state index is 0.980. The Kier molecular flexibility index (Phi) is 2.60. The molecule has 0 nitrogen and oxygen atoms in total. The van der Waals surface area contributed by atoms with Gasteiger partial charge in [-0.3, -0.25) is 0 Å². The predicted octanol–water partition coefficient (Wildman–Crippen LogP) is 3.96. The Morgan fingerprint density at radius 1 is 1.14 bits per heavy atom. The van der Waals surface area contributed by atoms with Crippen molar-refractivity contribution in [2.45, 2.75) is 11.3 Å². The molecule has 0 N–H and O–H groups in total. The maximum absolute atomic E-state index is 3.84. The topological polar surface area (TPSA) is 0 Å². The normalized spacial score (nSPS) is 14.9. The molecule has 0 aliphatic carbocycles. The molecule has 2 rings (SSSR count). The second kappa shape index (κ2) is 3.89. The van der Waals surface area contributed by atoms with Crippen molar-refractivity contribution in [2.24, 2.45) is 0 Å². The molecule has 0 radical (unpaired) electrons. The molecule has 1 aliphatic heterocycles. The Morgan fingerprint density at radius 3 is 2.64 bits per heavy atom. The van der Waals surface area contributed by atoms with Gasteiger partial charge in [0.05, 0.1) is 0 Å². The van der Waals surface area contributed by atoms with E-state index in [0.29, 0.717) is 0 Å². The Morgan fingerprint density at radius 2 is 1.93 bits per heavy atom. The molecule has 1 heterocycles. The predicted molar refractivity (Wildman–Crippen MR) is 63.4 cm³/mol. The van der Waals surface area contributed by atoms with Crippen LogP contribution in [0.2, 0.25) is 0 Å². The average Bonchev–Trinajstić information content (AvgIpc) is 2.27. The van der Waals surface area contributed by atoms with Crippen molar-refractivity contribution in [3.05, 3.63) is 65.6 Å². The lowest BCUT2D eigenvalue weighted by atomic mass is 10.0. The molecule has 0 saturated carbocycles. The van der Waals surface area contributed by atoms with Gasteiger partial charge in [-0.15, -0.1) is 0 Å². The highest BCUT2D eigenvalue weighted by Gasteiger charge is 2.13. The maximum atomic E-state index is 3.84. The summed E-state index contributed by atoms with van der Waals surface area (Å²) in [6.07, 6.45) is 4.82. The first-order valence-electron chi connectivity index (χ1n) is 4.59. The first-order chi connectivity index (χ1) is 6.85. The van der Waals surface area contributed by atoms with E-state index in [2.05, 4.69) is 37.4 Å². The van der Waals surface area contributed by atoms with Crippen LogP contribution in [0.4, 0.5) is 0 Å². The Bertz CT molecular complexity index is 374. The highest BCUT2D eigenvalue weighted by molar-refractivity contribution is 8.03. The Hall–Kier alpha value is -1.21. The third kappa shape index (κ3) is 1.55. The zero-order chi connectivity index (χ0) is 9.97. The Labute approximate surface area is 89.0 Å². The number of fused-ring (bicyclic) bond motifs is 1. The minimum Gasteiger partial charge on any atom is -0.0987 e. The van der Waals surface area contributed by atoms with Gasteiger partial charge in [0.25, 0.3) is 0 Å². The Balaban J connectivity index is 2.45. The average molecular weight is 200 g/mol. The molecule has 0 fully saturated rings. The van der Waals surface area contributed by atoms with Gasteiger partial charge in [-0.2, -0.15) is 0 Å². The van der Waals surface area contributed by atoms with Gasteiger partial charge in [0.2, 0.25) is 0 Å². The molecule has 0 atom stereocenters.